The van der Waals surface area contributed by atoms with E-state index in [9.17, 15) is 4.79 Å². The van der Waals surface area contributed by atoms with E-state index in [0.29, 0.717) is 6.54 Å². The second-order valence-electron chi connectivity index (χ2n) is 4.38. The van der Waals surface area contributed by atoms with Gasteiger partial charge in [-0.25, -0.2) is 0 Å². The Balaban J connectivity index is 3.13. The van der Waals surface area contributed by atoms with Crippen molar-refractivity contribution in [1.29, 1.82) is 0 Å². The Hall–Kier alpha value is -1.35. The molecular formula is C13H20N2O. The van der Waals surface area contributed by atoms with Gasteiger partial charge in [0, 0.05) is 20.6 Å². The third-order valence-electron chi connectivity index (χ3n) is 2.78. The molecule has 3 heteroatoms. The Bertz CT molecular complexity index is 386. The van der Waals surface area contributed by atoms with Gasteiger partial charge in [-0.15, -0.1) is 0 Å². The number of nitrogens with zero attached hydrogens (tertiary/aromatic N) is 1. The lowest BCUT2D eigenvalue weighted by Crippen LogP contribution is -2.33. The number of aryl methyl sites for hydroxylation is 2. The molecule has 88 valence electrons. The predicted molar refractivity (Wildman–Crippen MR) is 66.4 cm³/mol. The molecule has 1 atom stereocenters. The number of carbonyl (C=O) groups is 1. The van der Waals surface area contributed by atoms with Crippen molar-refractivity contribution in [1.82, 2.24) is 4.90 Å². The van der Waals surface area contributed by atoms with Crippen LogP contribution in [0.25, 0.3) is 0 Å². The summed E-state index contributed by atoms with van der Waals surface area (Å²) in [4.78, 5) is 13.6. The first-order valence-electron chi connectivity index (χ1n) is 5.45. The normalized spacial score (nSPS) is 12.3. The van der Waals surface area contributed by atoms with E-state index < -0.39 is 0 Å². The summed E-state index contributed by atoms with van der Waals surface area (Å²) in [6.07, 6.45) is 0. The zero-order valence-corrected chi connectivity index (χ0v) is 10.4. The highest BCUT2D eigenvalue weighted by atomic mass is 16.2. The molecule has 0 radical (unpaired) electrons. The summed E-state index contributed by atoms with van der Waals surface area (Å²) in [7, 11) is 3.52. The number of likely N-dealkylation sites (N-methyl/N-ethyl adjacent to an activating group) is 1. The third kappa shape index (κ3) is 2.61. The number of rotatable bonds is 3. The van der Waals surface area contributed by atoms with Crippen LogP contribution >= 0.6 is 0 Å². The van der Waals surface area contributed by atoms with Gasteiger partial charge in [-0.3, -0.25) is 4.79 Å². The second kappa shape index (κ2) is 5.12. The highest BCUT2D eigenvalue weighted by Gasteiger charge is 2.22. The average molecular weight is 220 g/mol. The molecule has 3 nitrogen and oxygen atoms in total. The third-order valence-corrected chi connectivity index (χ3v) is 2.78. The molecule has 0 aliphatic carbocycles. The Labute approximate surface area is 97.2 Å². The number of hydrogen-bond donors (Lipinski definition) is 1. The zero-order valence-electron chi connectivity index (χ0n) is 10.4. The molecule has 0 aliphatic heterocycles. The average Bonchev–Trinajstić information content (AvgIpc) is 2.23. The Morgan fingerprint density at radius 1 is 1.38 bits per heavy atom. The first kappa shape index (κ1) is 12.7. The van der Waals surface area contributed by atoms with Gasteiger partial charge in [0.15, 0.2) is 0 Å². The van der Waals surface area contributed by atoms with E-state index in [1.165, 1.54) is 0 Å². The van der Waals surface area contributed by atoms with Crippen LogP contribution in [-0.2, 0) is 4.79 Å². The van der Waals surface area contributed by atoms with Crippen molar-refractivity contribution in [2.24, 2.45) is 5.73 Å². The minimum absolute atomic E-state index is 0.0659. The van der Waals surface area contributed by atoms with Crippen molar-refractivity contribution in [3.8, 4) is 0 Å². The van der Waals surface area contributed by atoms with Crippen LogP contribution in [0, 0.1) is 13.8 Å². The largest absolute Gasteiger partial charge is 0.348 e. The smallest absolute Gasteiger partial charge is 0.230 e. The monoisotopic (exact) mass is 220 g/mol. The fourth-order valence-corrected chi connectivity index (χ4v) is 1.81. The van der Waals surface area contributed by atoms with E-state index >= 15 is 0 Å². The van der Waals surface area contributed by atoms with Crippen LogP contribution < -0.4 is 5.73 Å². The van der Waals surface area contributed by atoms with Crippen molar-refractivity contribution < 1.29 is 4.79 Å². The van der Waals surface area contributed by atoms with Crippen molar-refractivity contribution >= 4 is 5.91 Å². The molecule has 2 N–H and O–H groups in total. The van der Waals surface area contributed by atoms with Gasteiger partial charge in [0.05, 0.1) is 5.92 Å². The molecule has 0 saturated heterocycles. The molecule has 1 aromatic carbocycles. The topological polar surface area (TPSA) is 46.3 Å². The van der Waals surface area contributed by atoms with E-state index in [2.05, 4.69) is 0 Å². The molecule has 0 bridgehead atoms. The van der Waals surface area contributed by atoms with Crippen molar-refractivity contribution in [3.63, 3.8) is 0 Å². The van der Waals surface area contributed by atoms with Gasteiger partial charge in [-0.2, -0.15) is 0 Å². The van der Waals surface area contributed by atoms with Crippen molar-refractivity contribution in [3.05, 3.63) is 34.9 Å². The van der Waals surface area contributed by atoms with Crippen LogP contribution in [0.5, 0.6) is 0 Å². The van der Waals surface area contributed by atoms with Crippen LogP contribution in [0.4, 0.5) is 0 Å². The van der Waals surface area contributed by atoms with E-state index in [-0.39, 0.29) is 11.8 Å². The summed E-state index contributed by atoms with van der Waals surface area (Å²) < 4.78 is 0. The first-order valence-corrected chi connectivity index (χ1v) is 5.45. The van der Waals surface area contributed by atoms with Gasteiger partial charge >= 0.3 is 0 Å². The zero-order chi connectivity index (χ0) is 12.3. The predicted octanol–water partition coefficient (Wildman–Crippen LogP) is 1.43. The molecule has 0 fully saturated rings. The molecule has 0 saturated carbocycles. The minimum Gasteiger partial charge on any atom is -0.348 e. The van der Waals surface area contributed by atoms with Crippen molar-refractivity contribution in [2.45, 2.75) is 19.8 Å². The molecule has 0 aromatic heterocycles. The Morgan fingerprint density at radius 2 is 2.00 bits per heavy atom. The van der Waals surface area contributed by atoms with Gasteiger partial charge in [-0.05, 0) is 25.0 Å². The highest BCUT2D eigenvalue weighted by molar-refractivity contribution is 5.84. The van der Waals surface area contributed by atoms with Crippen LogP contribution in [0.1, 0.15) is 22.6 Å². The van der Waals surface area contributed by atoms with E-state index in [0.717, 1.165) is 16.7 Å². The minimum atomic E-state index is -0.227. The summed E-state index contributed by atoms with van der Waals surface area (Å²) in [5.41, 5.74) is 9.04. The molecule has 1 rings (SSSR count). The molecule has 0 spiro atoms. The molecule has 1 aromatic rings. The lowest BCUT2D eigenvalue weighted by atomic mass is 9.92. The fraction of sp³-hybridized carbons (Fsp3) is 0.462. The number of nitrogens with two attached hydrogens (primary N) is 1. The molecule has 0 aliphatic rings. The summed E-state index contributed by atoms with van der Waals surface area (Å²) in [6.45, 7) is 4.39. The second-order valence-corrected chi connectivity index (χ2v) is 4.38. The number of hydrogen-bond acceptors (Lipinski definition) is 2. The molecule has 1 amide bonds. The fourth-order valence-electron chi connectivity index (χ4n) is 1.81. The van der Waals surface area contributed by atoms with Gasteiger partial charge < -0.3 is 10.6 Å². The Morgan fingerprint density at radius 3 is 2.50 bits per heavy atom. The van der Waals surface area contributed by atoms with E-state index in [1.807, 2.05) is 32.0 Å². The SMILES string of the molecule is Cc1ccc(C)c(C(CN)C(=O)N(C)C)c1. The number of amides is 1. The standard InChI is InChI=1S/C13H20N2O/c1-9-5-6-10(2)11(7-9)12(8-14)13(16)15(3)4/h5-7,12H,8,14H2,1-4H3. The lowest BCUT2D eigenvalue weighted by molar-refractivity contribution is -0.130. The maximum atomic E-state index is 12.0. The van der Waals surface area contributed by atoms with Gasteiger partial charge in [0.2, 0.25) is 5.91 Å². The van der Waals surface area contributed by atoms with Crippen LogP contribution in [0.2, 0.25) is 0 Å². The van der Waals surface area contributed by atoms with E-state index in [4.69, 9.17) is 5.73 Å². The lowest BCUT2D eigenvalue weighted by Gasteiger charge is -2.21. The van der Waals surface area contributed by atoms with Crippen LogP contribution in [0.15, 0.2) is 18.2 Å². The maximum Gasteiger partial charge on any atom is 0.230 e. The highest BCUT2D eigenvalue weighted by Crippen LogP contribution is 2.22. The number of benzene rings is 1. The summed E-state index contributed by atoms with van der Waals surface area (Å²) in [5, 5.41) is 0. The molecule has 16 heavy (non-hydrogen) atoms. The summed E-state index contributed by atoms with van der Waals surface area (Å²) >= 11 is 0. The van der Waals surface area contributed by atoms with Gasteiger partial charge in [-0.1, -0.05) is 23.8 Å². The van der Waals surface area contributed by atoms with Crippen molar-refractivity contribution in [2.75, 3.05) is 20.6 Å². The van der Waals surface area contributed by atoms with Gasteiger partial charge in [0.25, 0.3) is 0 Å². The maximum absolute atomic E-state index is 12.0. The molecule has 0 heterocycles. The van der Waals surface area contributed by atoms with E-state index in [1.54, 1.807) is 19.0 Å². The summed E-state index contributed by atoms with van der Waals surface area (Å²) in [6, 6.07) is 6.14. The van der Waals surface area contributed by atoms with Crippen LogP contribution in [-0.4, -0.2) is 31.4 Å². The first-order chi connectivity index (χ1) is 7.47. The Kier molecular flexibility index (Phi) is 4.07. The molecule has 1 unspecified atom stereocenters. The van der Waals surface area contributed by atoms with Crippen LogP contribution in [0.3, 0.4) is 0 Å². The summed E-state index contributed by atoms with van der Waals surface area (Å²) in [5.74, 6) is -0.161. The van der Waals surface area contributed by atoms with Gasteiger partial charge in [0.1, 0.15) is 0 Å². The molecular weight excluding hydrogens is 200 g/mol. The number of carbonyl (C=O) groups excluding carboxylic acids is 1. The quantitative estimate of drug-likeness (QED) is 0.837.